The molecule has 0 bridgehead atoms. The van der Waals surface area contributed by atoms with Crippen LogP contribution in [-0.2, 0) is 14.2 Å². The van der Waals surface area contributed by atoms with Crippen molar-refractivity contribution >= 4 is 5.96 Å². The first-order chi connectivity index (χ1) is 8.34. The van der Waals surface area contributed by atoms with Crippen molar-refractivity contribution in [2.24, 2.45) is 10.7 Å². The number of nitrogens with one attached hydrogen (secondary N) is 1. The lowest BCUT2D eigenvalue weighted by molar-refractivity contribution is -0.0832. The van der Waals surface area contributed by atoms with E-state index in [0.29, 0.717) is 32.3 Å². The third-order valence-corrected chi connectivity index (χ3v) is 2.89. The maximum absolute atomic E-state index is 5.76. The summed E-state index contributed by atoms with van der Waals surface area (Å²) in [6, 6.07) is 0. The van der Waals surface area contributed by atoms with Crippen LogP contribution in [-0.4, -0.2) is 57.7 Å². The molecule has 0 spiro atoms. The van der Waals surface area contributed by atoms with E-state index in [4.69, 9.17) is 19.9 Å². The second kappa shape index (κ2) is 6.78. The molecule has 0 amide bonds. The Bertz CT molecular complexity index is 248. The average molecular weight is 243 g/mol. The molecule has 0 aromatic carbocycles. The molecule has 0 aliphatic carbocycles. The second-order valence-electron chi connectivity index (χ2n) is 4.31. The van der Waals surface area contributed by atoms with Crippen LogP contribution in [0.2, 0.25) is 0 Å². The van der Waals surface area contributed by atoms with Gasteiger partial charge in [0.2, 0.25) is 0 Å². The van der Waals surface area contributed by atoms with Crippen molar-refractivity contribution in [1.82, 2.24) is 5.32 Å². The summed E-state index contributed by atoms with van der Waals surface area (Å²) >= 11 is 0. The van der Waals surface area contributed by atoms with E-state index in [1.807, 2.05) is 0 Å². The summed E-state index contributed by atoms with van der Waals surface area (Å²) < 4.78 is 16.2. The number of guanidine groups is 1. The molecular formula is C11H21N3O3. The van der Waals surface area contributed by atoms with Gasteiger partial charge in [-0.15, -0.1) is 0 Å². The highest BCUT2D eigenvalue weighted by Crippen LogP contribution is 2.10. The van der Waals surface area contributed by atoms with Crippen LogP contribution in [0.25, 0.3) is 0 Å². The second-order valence-corrected chi connectivity index (χ2v) is 4.31. The van der Waals surface area contributed by atoms with E-state index < -0.39 is 0 Å². The number of rotatable bonds is 4. The molecule has 98 valence electrons. The summed E-state index contributed by atoms with van der Waals surface area (Å²) in [6.07, 6.45) is 2.54. The van der Waals surface area contributed by atoms with Gasteiger partial charge in [0.1, 0.15) is 6.10 Å². The minimum Gasteiger partial charge on any atom is -0.376 e. The summed E-state index contributed by atoms with van der Waals surface area (Å²) in [5.74, 6) is 0.453. The van der Waals surface area contributed by atoms with Gasteiger partial charge in [0.15, 0.2) is 5.96 Å². The van der Waals surface area contributed by atoms with Gasteiger partial charge in [0.05, 0.1) is 32.5 Å². The zero-order valence-electron chi connectivity index (χ0n) is 10.1. The normalized spacial score (nSPS) is 30.5. The van der Waals surface area contributed by atoms with Crippen LogP contribution in [0.5, 0.6) is 0 Å². The van der Waals surface area contributed by atoms with E-state index in [0.717, 1.165) is 26.0 Å². The van der Waals surface area contributed by atoms with Crippen LogP contribution < -0.4 is 11.1 Å². The fourth-order valence-corrected chi connectivity index (χ4v) is 1.92. The first-order valence-electron chi connectivity index (χ1n) is 6.19. The topological polar surface area (TPSA) is 78.1 Å². The van der Waals surface area contributed by atoms with Gasteiger partial charge in [-0.25, -0.2) is 0 Å². The Morgan fingerprint density at radius 3 is 2.82 bits per heavy atom. The smallest absolute Gasteiger partial charge is 0.188 e. The average Bonchev–Trinajstić information content (AvgIpc) is 2.88. The van der Waals surface area contributed by atoms with Gasteiger partial charge < -0.3 is 25.3 Å². The summed E-state index contributed by atoms with van der Waals surface area (Å²) in [5.41, 5.74) is 5.76. The standard InChI is InChI=1S/C11H21N3O3/c12-11(13-6-9-2-1-3-16-9)14-7-10-8-15-4-5-17-10/h9-10H,1-8H2,(H3,12,13,14). The van der Waals surface area contributed by atoms with E-state index in [2.05, 4.69) is 10.3 Å². The van der Waals surface area contributed by atoms with Gasteiger partial charge in [0.25, 0.3) is 0 Å². The van der Waals surface area contributed by atoms with Crippen LogP contribution in [0, 0.1) is 0 Å². The predicted octanol–water partition coefficient (Wildman–Crippen LogP) is -0.515. The van der Waals surface area contributed by atoms with Gasteiger partial charge in [-0.1, -0.05) is 0 Å². The van der Waals surface area contributed by atoms with Gasteiger partial charge in [0, 0.05) is 13.2 Å². The van der Waals surface area contributed by atoms with Crippen LogP contribution in [0.1, 0.15) is 12.8 Å². The molecule has 2 saturated heterocycles. The largest absolute Gasteiger partial charge is 0.376 e. The SMILES string of the molecule is NC(=NCC1COCCO1)NCC1CCCO1. The highest BCUT2D eigenvalue weighted by atomic mass is 16.6. The molecule has 6 heteroatoms. The first kappa shape index (κ1) is 12.6. The highest BCUT2D eigenvalue weighted by Gasteiger charge is 2.16. The highest BCUT2D eigenvalue weighted by molar-refractivity contribution is 5.77. The van der Waals surface area contributed by atoms with E-state index in [1.54, 1.807) is 0 Å². The minimum atomic E-state index is 0.0341. The maximum atomic E-state index is 5.76. The summed E-state index contributed by atoms with van der Waals surface area (Å²) in [5, 5.41) is 3.07. The molecule has 2 atom stereocenters. The fourth-order valence-electron chi connectivity index (χ4n) is 1.92. The van der Waals surface area contributed by atoms with Crippen LogP contribution >= 0.6 is 0 Å². The number of ether oxygens (including phenoxy) is 3. The van der Waals surface area contributed by atoms with Crippen molar-refractivity contribution < 1.29 is 14.2 Å². The van der Waals surface area contributed by atoms with Crippen LogP contribution in [0.3, 0.4) is 0 Å². The van der Waals surface area contributed by atoms with E-state index in [9.17, 15) is 0 Å². The molecule has 2 unspecified atom stereocenters. The molecule has 6 nitrogen and oxygen atoms in total. The first-order valence-corrected chi connectivity index (χ1v) is 6.19. The monoisotopic (exact) mass is 243 g/mol. The van der Waals surface area contributed by atoms with Crippen molar-refractivity contribution in [3.8, 4) is 0 Å². The maximum Gasteiger partial charge on any atom is 0.188 e. The van der Waals surface area contributed by atoms with Gasteiger partial charge in [-0.2, -0.15) is 0 Å². The summed E-state index contributed by atoms with van der Waals surface area (Å²) in [6.45, 7) is 4.05. The molecule has 2 aliphatic heterocycles. The predicted molar refractivity (Wildman–Crippen MR) is 64.0 cm³/mol. The Morgan fingerprint density at radius 1 is 1.24 bits per heavy atom. The van der Waals surface area contributed by atoms with Gasteiger partial charge in [-0.3, -0.25) is 4.99 Å². The number of aliphatic imine (C=N–C) groups is 1. The molecule has 0 radical (unpaired) electrons. The zero-order chi connectivity index (χ0) is 11.9. The molecule has 0 saturated carbocycles. The van der Waals surface area contributed by atoms with Crippen LogP contribution in [0.4, 0.5) is 0 Å². The molecule has 2 rings (SSSR count). The molecule has 0 aromatic heterocycles. The Labute approximate surface area is 102 Å². The molecule has 3 N–H and O–H groups in total. The Balaban J connectivity index is 1.61. The molecule has 2 fully saturated rings. The molecule has 2 heterocycles. The van der Waals surface area contributed by atoms with Crippen LogP contribution in [0.15, 0.2) is 4.99 Å². The minimum absolute atomic E-state index is 0.0341. The fraction of sp³-hybridized carbons (Fsp3) is 0.909. The van der Waals surface area contributed by atoms with Gasteiger partial charge in [-0.05, 0) is 12.8 Å². The van der Waals surface area contributed by atoms with E-state index in [1.165, 1.54) is 0 Å². The number of nitrogens with two attached hydrogens (primary N) is 1. The molecule has 2 aliphatic rings. The lowest BCUT2D eigenvalue weighted by Gasteiger charge is -2.21. The van der Waals surface area contributed by atoms with E-state index >= 15 is 0 Å². The summed E-state index contributed by atoms with van der Waals surface area (Å²) in [7, 11) is 0. The van der Waals surface area contributed by atoms with Crippen molar-refractivity contribution in [1.29, 1.82) is 0 Å². The van der Waals surface area contributed by atoms with Crippen molar-refractivity contribution in [3.63, 3.8) is 0 Å². The number of nitrogens with zero attached hydrogens (tertiary/aromatic N) is 1. The quantitative estimate of drug-likeness (QED) is 0.513. The number of hydrogen-bond donors (Lipinski definition) is 2. The van der Waals surface area contributed by atoms with E-state index in [-0.39, 0.29) is 12.2 Å². The number of hydrogen-bond acceptors (Lipinski definition) is 4. The zero-order valence-corrected chi connectivity index (χ0v) is 10.1. The third-order valence-electron chi connectivity index (χ3n) is 2.89. The molecular weight excluding hydrogens is 222 g/mol. The summed E-state index contributed by atoms with van der Waals surface area (Å²) in [4.78, 5) is 4.23. The Morgan fingerprint density at radius 2 is 2.12 bits per heavy atom. The van der Waals surface area contributed by atoms with Crippen molar-refractivity contribution in [2.45, 2.75) is 25.0 Å². The molecule has 0 aromatic rings. The van der Waals surface area contributed by atoms with Crippen molar-refractivity contribution in [3.05, 3.63) is 0 Å². The van der Waals surface area contributed by atoms with Crippen molar-refractivity contribution in [2.75, 3.05) is 39.5 Å². The lowest BCUT2D eigenvalue weighted by Crippen LogP contribution is -2.38. The molecule has 17 heavy (non-hydrogen) atoms. The Hall–Kier alpha value is -0.850. The lowest BCUT2D eigenvalue weighted by atomic mass is 10.2. The Kier molecular flexibility index (Phi) is 5.03. The van der Waals surface area contributed by atoms with Gasteiger partial charge >= 0.3 is 0 Å². The third kappa shape index (κ3) is 4.49.